The lowest BCUT2D eigenvalue weighted by atomic mass is 9.43. The summed E-state index contributed by atoms with van der Waals surface area (Å²) in [6.07, 6.45) is 7.07. The Hall–Kier alpha value is -0.910. The molecule has 0 aromatic carbocycles. The molecule has 1 amide bonds. The van der Waals surface area contributed by atoms with Gasteiger partial charge in [0.15, 0.2) is 0 Å². The number of aliphatic hydroxyl groups is 2. The fourth-order valence-electron chi connectivity index (χ4n) is 7.74. The summed E-state index contributed by atoms with van der Waals surface area (Å²) in [6, 6.07) is 0. The van der Waals surface area contributed by atoms with Crippen molar-refractivity contribution in [2.45, 2.75) is 76.5 Å². The Morgan fingerprint density at radius 2 is 1.93 bits per heavy atom. The number of carbonyl (C=O) groups is 1. The molecule has 0 aromatic rings. The third kappa shape index (κ3) is 2.50. The first-order valence-corrected chi connectivity index (χ1v) is 10.6. The number of hydrogen-bond donors (Lipinski definition) is 3. The predicted octanol–water partition coefficient (Wildman–Crippen LogP) is 2.07. The van der Waals surface area contributed by atoms with Gasteiger partial charge in [0.25, 0.3) is 0 Å². The summed E-state index contributed by atoms with van der Waals surface area (Å²) in [5.74, 6) is 0.366. The van der Waals surface area contributed by atoms with Crippen LogP contribution in [0.25, 0.3) is 0 Å². The van der Waals surface area contributed by atoms with Crippen molar-refractivity contribution in [1.29, 1.82) is 0 Å². The van der Waals surface area contributed by atoms with Crippen LogP contribution in [-0.4, -0.2) is 52.9 Å². The fourth-order valence-corrected chi connectivity index (χ4v) is 7.74. The van der Waals surface area contributed by atoms with Gasteiger partial charge in [-0.25, -0.2) is 0 Å². The van der Waals surface area contributed by atoms with Gasteiger partial charge in [-0.2, -0.15) is 0 Å². The first-order chi connectivity index (χ1) is 12.5. The van der Waals surface area contributed by atoms with Gasteiger partial charge in [-0.15, -0.1) is 0 Å². The summed E-state index contributed by atoms with van der Waals surface area (Å²) in [5, 5.41) is 21.5. The Labute approximate surface area is 163 Å². The second-order valence-corrected chi connectivity index (χ2v) is 10.5. The maximum atomic E-state index is 12.9. The Morgan fingerprint density at radius 1 is 1.22 bits per heavy atom. The highest BCUT2D eigenvalue weighted by atomic mass is 16.3. The van der Waals surface area contributed by atoms with Gasteiger partial charge in [0.1, 0.15) is 0 Å². The van der Waals surface area contributed by atoms with E-state index in [1.54, 1.807) is 4.90 Å². The molecule has 4 N–H and O–H groups in total. The Bertz CT molecular complexity index is 676. The van der Waals surface area contributed by atoms with Gasteiger partial charge in [-0.1, -0.05) is 25.5 Å². The van der Waals surface area contributed by atoms with Crippen molar-refractivity contribution >= 4 is 5.91 Å². The maximum absolute atomic E-state index is 12.9. The maximum Gasteiger partial charge on any atom is 0.225 e. The monoisotopic (exact) mass is 376 g/mol. The zero-order chi connectivity index (χ0) is 19.8. The highest BCUT2D eigenvalue weighted by Crippen LogP contribution is 2.67. The number of amides is 1. The molecule has 0 heterocycles. The van der Waals surface area contributed by atoms with Gasteiger partial charge in [0, 0.05) is 31.5 Å². The van der Waals surface area contributed by atoms with Gasteiger partial charge >= 0.3 is 0 Å². The van der Waals surface area contributed by atoms with E-state index in [9.17, 15) is 15.0 Å². The molecule has 4 aliphatic rings. The molecule has 8 atom stereocenters. The van der Waals surface area contributed by atoms with E-state index < -0.39 is 11.6 Å². The molecular weight excluding hydrogens is 340 g/mol. The van der Waals surface area contributed by atoms with E-state index in [0.717, 1.165) is 32.1 Å². The van der Waals surface area contributed by atoms with Crippen molar-refractivity contribution < 1.29 is 15.0 Å². The average Bonchev–Trinajstić information content (AvgIpc) is 2.92. The van der Waals surface area contributed by atoms with E-state index in [1.165, 1.54) is 5.57 Å². The summed E-state index contributed by atoms with van der Waals surface area (Å²) < 4.78 is 0. The van der Waals surface area contributed by atoms with Crippen molar-refractivity contribution in [2.75, 3.05) is 14.1 Å². The first kappa shape index (κ1) is 19.4. The summed E-state index contributed by atoms with van der Waals surface area (Å²) in [6.45, 7) is 4.44. The minimum Gasteiger partial charge on any atom is -0.393 e. The van der Waals surface area contributed by atoms with Crippen molar-refractivity contribution in [3.63, 3.8) is 0 Å². The summed E-state index contributed by atoms with van der Waals surface area (Å²) in [7, 11) is 3.65. The van der Waals surface area contributed by atoms with Crippen LogP contribution in [0.5, 0.6) is 0 Å². The number of fused-ring (bicyclic) bond motifs is 5. The van der Waals surface area contributed by atoms with E-state index >= 15 is 0 Å². The molecule has 5 nitrogen and oxygen atoms in total. The fraction of sp³-hybridized carbons (Fsp3) is 0.864. The molecule has 0 bridgehead atoms. The van der Waals surface area contributed by atoms with E-state index in [-0.39, 0.29) is 40.6 Å². The average molecular weight is 377 g/mol. The number of hydrogen-bond acceptors (Lipinski definition) is 4. The number of aliphatic hydroxyl groups excluding tert-OH is 2. The van der Waals surface area contributed by atoms with Gasteiger partial charge in [0.05, 0.1) is 12.2 Å². The summed E-state index contributed by atoms with van der Waals surface area (Å²) in [5.41, 5.74) is 7.62. The SMILES string of the molecule is CN(C)C(=O)C1CCC2C1(C)CC(O)C1C3(C)CCC(O)CC3=CCC12N. The van der Waals surface area contributed by atoms with Crippen LogP contribution in [0.1, 0.15) is 58.8 Å². The van der Waals surface area contributed by atoms with Crippen molar-refractivity contribution in [3.05, 3.63) is 11.6 Å². The van der Waals surface area contributed by atoms with Crippen LogP contribution in [0.2, 0.25) is 0 Å². The van der Waals surface area contributed by atoms with Gasteiger partial charge in [-0.3, -0.25) is 4.79 Å². The molecule has 3 fully saturated rings. The second kappa shape index (κ2) is 6.04. The van der Waals surface area contributed by atoms with Crippen LogP contribution in [0.4, 0.5) is 0 Å². The van der Waals surface area contributed by atoms with Crippen molar-refractivity contribution in [3.8, 4) is 0 Å². The molecule has 0 saturated heterocycles. The summed E-state index contributed by atoms with van der Waals surface area (Å²) in [4.78, 5) is 14.6. The molecule has 152 valence electrons. The lowest BCUT2D eigenvalue weighted by molar-refractivity contribution is -0.154. The highest BCUT2D eigenvalue weighted by molar-refractivity contribution is 5.79. The van der Waals surface area contributed by atoms with Crippen molar-refractivity contribution in [2.24, 2.45) is 34.3 Å². The lowest BCUT2D eigenvalue weighted by Crippen LogP contribution is -2.70. The van der Waals surface area contributed by atoms with Gasteiger partial charge in [-0.05, 0) is 61.7 Å². The zero-order valence-electron chi connectivity index (χ0n) is 17.2. The molecule has 27 heavy (non-hydrogen) atoms. The van der Waals surface area contributed by atoms with Crippen LogP contribution in [0.15, 0.2) is 11.6 Å². The Kier molecular flexibility index (Phi) is 4.34. The standard InChI is InChI=1S/C22H36N2O3/c1-20-9-8-14(25)11-13(20)7-10-22(23)17-6-5-15(19(27)24(3)4)21(17,2)12-16(26)18(20)22/h7,14-18,25-26H,5-6,8-12,23H2,1-4H3. The molecule has 3 saturated carbocycles. The smallest absolute Gasteiger partial charge is 0.225 e. The number of nitrogens with zero attached hydrogens (tertiary/aromatic N) is 1. The Morgan fingerprint density at radius 3 is 2.59 bits per heavy atom. The number of nitrogens with two attached hydrogens (primary N) is 1. The topological polar surface area (TPSA) is 86.8 Å². The van der Waals surface area contributed by atoms with Crippen LogP contribution in [0.3, 0.4) is 0 Å². The molecule has 5 heteroatoms. The van der Waals surface area contributed by atoms with Crippen LogP contribution in [0, 0.1) is 28.6 Å². The third-order valence-electron chi connectivity index (χ3n) is 8.91. The zero-order valence-corrected chi connectivity index (χ0v) is 17.2. The van der Waals surface area contributed by atoms with Crippen LogP contribution >= 0.6 is 0 Å². The van der Waals surface area contributed by atoms with E-state index in [2.05, 4.69) is 19.9 Å². The number of rotatable bonds is 1. The minimum absolute atomic E-state index is 0.00350. The molecule has 0 aliphatic heterocycles. The van der Waals surface area contributed by atoms with Gasteiger partial charge in [0.2, 0.25) is 5.91 Å². The number of carbonyl (C=O) groups excluding carboxylic acids is 1. The quantitative estimate of drug-likeness (QED) is 0.612. The molecular formula is C22H36N2O3. The highest BCUT2D eigenvalue weighted by Gasteiger charge is 2.67. The van der Waals surface area contributed by atoms with E-state index in [1.807, 2.05) is 14.1 Å². The van der Waals surface area contributed by atoms with E-state index in [4.69, 9.17) is 5.73 Å². The molecule has 0 radical (unpaired) electrons. The largest absolute Gasteiger partial charge is 0.393 e. The molecule has 4 rings (SSSR count). The lowest BCUT2D eigenvalue weighted by Gasteiger charge is -2.64. The van der Waals surface area contributed by atoms with E-state index in [0.29, 0.717) is 12.8 Å². The second-order valence-electron chi connectivity index (χ2n) is 10.5. The van der Waals surface area contributed by atoms with Gasteiger partial charge < -0.3 is 20.8 Å². The van der Waals surface area contributed by atoms with Crippen LogP contribution < -0.4 is 5.73 Å². The first-order valence-electron chi connectivity index (χ1n) is 10.6. The molecule has 0 spiro atoms. The van der Waals surface area contributed by atoms with Crippen LogP contribution in [-0.2, 0) is 4.79 Å². The molecule has 8 unspecified atom stereocenters. The van der Waals surface area contributed by atoms with Crippen molar-refractivity contribution in [1.82, 2.24) is 4.90 Å². The predicted molar refractivity (Wildman–Crippen MR) is 105 cm³/mol. The molecule has 0 aromatic heterocycles. The Balaban J connectivity index is 1.75. The summed E-state index contributed by atoms with van der Waals surface area (Å²) >= 11 is 0. The normalized spacial score (nSPS) is 51.7. The third-order valence-corrected chi connectivity index (χ3v) is 8.91. The minimum atomic E-state index is -0.504. The molecule has 4 aliphatic carbocycles.